The molecule has 3 amide bonds. The van der Waals surface area contributed by atoms with Crippen molar-refractivity contribution in [2.45, 2.75) is 84.2 Å². The third-order valence-corrected chi connectivity index (χ3v) is 5.13. The second kappa shape index (κ2) is 13.6. The van der Waals surface area contributed by atoms with Crippen LogP contribution < -0.4 is 21.7 Å². The van der Waals surface area contributed by atoms with Crippen molar-refractivity contribution < 1.29 is 39.3 Å². The Morgan fingerprint density at radius 3 is 1.78 bits per heavy atom. The van der Waals surface area contributed by atoms with Gasteiger partial charge in [0.1, 0.15) is 12.1 Å². The van der Waals surface area contributed by atoms with Gasteiger partial charge in [0.25, 0.3) is 0 Å². The van der Waals surface area contributed by atoms with E-state index in [0.29, 0.717) is 6.42 Å². The van der Waals surface area contributed by atoms with Gasteiger partial charge in [-0.15, -0.1) is 0 Å². The van der Waals surface area contributed by atoms with Crippen molar-refractivity contribution in [1.29, 1.82) is 0 Å². The van der Waals surface area contributed by atoms with Gasteiger partial charge < -0.3 is 37.0 Å². The molecular formula is C20H36N4O8. The quantitative estimate of drug-likeness (QED) is 0.166. The summed E-state index contributed by atoms with van der Waals surface area (Å²) in [6.07, 6.45) is -1.43. The molecule has 0 aromatic rings. The Morgan fingerprint density at radius 1 is 0.844 bits per heavy atom. The average Bonchev–Trinajstić information content (AvgIpc) is 2.70. The van der Waals surface area contributed by atoms with E-state index in [1.807, 2.05) is 6.92 Å². The minimum atomic E-state index is -1.59. The van der Waals surface area contributed by atoms with Gasteiger partial charge in [0.15, 0.2) is 6.04 Å². The molecule has 0 aliphatic rings. The highest BCUT2D eigenvalue weighted by molar-refractivity contribution is 5.94. The first-order valence-electron chi connectivity index (χ1n) is 10.5. The molecule has 0 heterocycles. The first-order valence-corrected chi connectivity index (χ1v) is 10.5. The van der Waals surface area contributed by atoms with Gasteiger partial charge in [-0.05, 0) is 25.2 Å². The van der Waals surface area contributed by atoms with Gasteiger partial charge in [-0.3, -0.25) is 19.2 Å². The smallest absolute Gasteiger partial charge is 0.328 e. The lowest BCUT2D eigenvalue weighted by molar-refractivity contribution is -0.145. The van der Waals surface area contributed by atoms with E-state index in [4.69, 9.17) is 15.9 Å². The lowest BCUT2D eigenvalue weighted by Crippen LogP contribution is -2.59. The first-order chi connectivity index (χ1) is 14.7. The number of carbonyl (C=O) groups is 5. The van der Waals surface area contributed by atoms with Crippen LogP contribution in [0.4, 0.5) is 0 Å². The van der Waals surface area contributed by atoms with Gasteiger partial charge in [0, 0.05) is 6.42 Å². The highest BCUT2D eigenvalue weighted by Gasteiger charge is 2.33. The molecule has 0 bridgehead atoms. The van der Waals surface area contributed by atoms with Crippen molar-refractivity contribution in [3.05, 3.63) is 0 Å². The number of rotatable bonds is 14. The number of hydrogen-bond acceptors (Lipinski definition) is 7. The van der Waals surface area contributed by atoms with E-state index >= 15 is 0 Å². The van der Waals surface area contributed by atoms with Crippen molar-refractivity contribution in [3.63, 3.8) is 0 Å². The van der Waals surface area contributed by atoms with E-state index in [2.05, 4.69) is 16.0 Å². The molecular weight excluding hydrogens is 424 g/mol. The van der Waals surface area contributed by atoms with E-state index in [9.17, 15) is 29.1 Å². The van der Waals surface area contributed by atoms with Gasteiger partial charge in [-0.1, -0.05) is 34.1 Å². The number of aliphatic hydroxyl groups excluding tert-OH is 1. The average molecular weight is 461 g/mol. The van der Waals surface area contributed by atoms with Crippen LogP contribution in [0.3, 0.4) is 0 Å². The number of carbonyl (C=O) groups excluding carboxylic acids is 3. The van der Waals surface area contributed by atoms with E-state index < -0.39 is 72.3 Å². The fourth-order valence-corrected chi connectivity index (χ4v) is 2.74. The molecule has 0 fully saturated rings. The van der Waals surface area contributed by atoms with Crippen LogP contribution in [-0.4, -0.2) is 75.3 Å². The lowest BCUT2D eigenvalue weighted by Gasteiger charge is -2.28. The highest BCUT2D eigenvalue weighted by Crippen LogP contribution is 2.09. The van der Waals surface area contributed by atoms with E-state index in [1.165, 1.54) is 6.92 Å². The number of carboxylic acid groups (broad SMARTS) is 2. The molecule has 0 aliphatic heterocycles. The molecule has 6 unspecified atom stereocenters. The number of amides is 3. The van der Waals surface area contributed by atoms with Gasteiger partial charge in [-0.2, -0.15) is 0 Å². The lowest BCUT2D eigenvalue weighted by atomic mass is 9.98. The second-order valence-electron chi connectivity index (χ2n) is 8.20. The molecule has 32 heavy (non-hydrogen) atoms. The fourth-order valence-electron chi connectivity index (χ4n) is 2.74. The Hall–Kier alpha value is -2.73. The zero-order chi connectivity index (χ0) is 25.2. The van der Waals surface area contributed by atoms with Crippen LogP contribution in [0.5, 0.6) is 0 Å². The molecule has 12 nitrogen and oxygen atoms in total. The normalized spacial score (nSPS) is 16.8. The molecule has 0 radical (unpaired) electrons. The zero-order valence-corrected chi connectivity index (χ0v) is 19.1. The Bertz CT molecular complexity index is 683. The maximum atomic E-state index is 12.8. The summed E-state index contributed by atoms with van der Waals surface area (Å²) in [5.41, 5.74) is 5.88. The van der Waals surface area contributed by atoms with Gasteiger partial charge in [0.05, 0.1) is 12.1 Å². The van der Waals surface area contributed by atoms with Crippen LogP contribution in [0, 0.1) is 11.8 Å². The van der Waals surface area contributed by atoms with Crippen molar-refractivity contribution in [3.8, 4) is 0 Å². The summed E-state index contributed by atoms with van der Waals surface area (Å²) < 4.78 is 0. The molecule has 0 aromatic carbocycles. The largest absolute Gasteiger partial charge is 0.481 e. The molecule has 0 rings (SSSR count). The number of hydrogen-bond donors (Lipinski definition) is 7. The van der Waals surface area contributed by atoms with Crippen LogP contribution in [0.2, 0.25) is 0 Å². The fraction of sp³-hybridized carbons (Fsp3) is 0.750. The SMILES string of the molecule is CCC(C)C(N)C(=O)NC(CCC(=O)O)C(=O)NC(C(=O)NC(C(=O)O)C(C)O)C(C)C. The minimum Gasteiger partial charge on any atom is -0.481 e. The molecule has 6 atom stereocenters. The van der Waals surface area contributed by atoms with Crippen molar-refractivity contribution in [2.75, 3.05) is 0 Å². The first kappa shape index (κ1) is 29.3. The van der Waals surface area contributed by atoms with Crippen LogP contribution in [0.1, 0.15) is 53.9 Å². The van der Waals surface area contributed by atoms with Crippen LogP contribution >= 0.6 is 0 Å². The van der Waals surface area contributed by atoms with E-state index in [1.54, 1.807) is 20.8 Å². The highest BCUT2D eigenvalue weighted by atomic mass is 16.4. The predicted molar refractivity (Wildman–Crippen MR) is 114 cm³/mol. The summed E-state index contributed by atoms with van der Waals surface area (Å²) in [5, 5.41) is 34.7. The molecule has 0 saturated carbocycles. The second-order valence-corrected chi connectivity index (χ2v) is 8.20. The summed E-state index contributed by atoms with van der Waals surface area (Å²) in [7, 11) is 0. The van der Waals surface area contributed by atoms with E-state index in [-0.39, 0.29) is 12.3 Å². The number of aliphatic carboxylic acids is 2. The molecule has 12 heteroatoms. The summed E-state index contributed by atoms with van der Waals surface area (Å²) in [6.45, 7) is 8.01. The zero-order valence-electron chi connectivity index (χ0n) is 19.1. The molecule has 184 valence electrons. The Morgan fingerprint density at radius 2 is 1.38 bits per heavy atom. The van der Waals surface area contributed by atoms with Crippen LogP contribution in [0.25, 0.3) is 0 Å². The van der Waals surface area contributed by atoms with E-state index in [0.717, 1.165) is 0 Å². The molecule has 0 aromatic heterocycles. The number of nitrogens with two attached hydrogens (primary N) is 1. The number of aliphatic hydroxyl groups is 1. The summed E-state index contributed by atoms with van der Waals surface area (Å²) in [6, 6.07) is -4.96. The maximum absolute atomic E-state index is 12.8. The van der Waals surface area contributed by atoms with Gasteiger partial charge >= 0.3 is 11.9 Å². The Balaban J connectivity index is 5.52. The molecule has 0 spiro atoms. The molecule has 0 aliphatic carbocycles. The van der Waals surface area contributed by atoms with Gasteiger partial charge in [-0.25, -0.2) is 4.79 Å². The summed E-state index contributed by atoms with van der Waals surface area (Å²) in [5.74, 6) is -5.58. The summed E-state index contributed by atoms with van der Waals surface area (Å²) in [4.78, 5) is 60.0. The van der Waals surface area contributed by atoms with Crippen molar-refractivity contribution in [2.24, 2.45) is 17.6 Å². The molecule has 8 N–H and O–H groups in total. The monoisotopic (exact) mass is 460 g/mol. The number of carboxylic acids is 2. The predicted octanol–water partition coefficient (Wildman–Crippen LogP) is -1.20. The standard InChI is InChI=1S/C20H36N4O8/c1-6-10(4)14(21)18(29)22-12(7-8-13(26)27)17(28)23-15(9(2)3)19(30)24-16(11(5)25)20(31)32/h9-12,14-16,25H,6-8,21H2,1-5H3,(H,22,29)(H,23,28)(H,24,30)(H,26,27)(H,31,32). The van der Waals surface area contributed by atoms with Crippen molar-refractivity contribution >= 4 is 29.7 Å². The van der Waals surface area contributed by atoms with Crippen LogP contribution in [-0.2, 0) is 24.0 Å². The maximum Gasteiger partial charge on any atom is 0.328 e. The molecule has 0 saturated heterocycles. The third kappa shape index (κ3) is 9.60. The Kier molecular flexibility index (Phi) is 12.5. The number of nitrogens with one attached hydrogen (secondary N) is 3. The van der Waals surface area contributed by atoms with Gasteiger partial charge in [0.2, 0.25) is 17.7 Å². The van der Waals surface area contributed by atoms with Crippen LogP contribution in [0.15, 0.2) is 0 Å². The topological polar surface area (TPSA) is 208 Å². The third-order valence-electron chi connectivity index (χ3n) is 5.13. The summed E-state index contributed by atoms with van der Waals surface area (Å²) >= 11 is 0. The minimum absolute atomic E-state index is 0.180. The Labute approximate surface area is 187 Å². The van der Waals surface area contributed by atoms with Crippen molar-refractivity contribution in [1.82, 2.24) is 16.0 Å².